The normalized spacial score (nSPS) is 14.0. The molecular formula is C19H32O3. The van der Waals surface area contributed by atoms with E-state index >= 15 is 0 Å². The summed E-state index contributed by atoms with van der Waals surface area (Å²) in [5.74, 6) is 0.841. The van der Waals surface area contributed by atoms with Crippen molar-refractivity contribution in [3.63, 3.8) is 0 Å². The number of hydrogen-bond donors (Lipinski definition) is 2. The number of unbranched alkanes of at least 4 members (excludes halogenated alkanes) is 4. The van der Waals surface area contributed by atoms with Crippen LogP contribution in [0.3, 0.4) is 0 Å². The molecule has 0 amide bonds. The Hall–Kier alpha value is -1.06. The molecule has 0 aliphatic carbocycles. The van der Waals surface area contributed by atoms with Crippen LogP contribution in [0, 0.1) is 5.92 Å². The van der Waals surface area contributed by atoms with Crippen molar-refractivity contribution in [1.82, 2.24) is 0 Å². The van der Waals surface area contributed by atoms with Gasteiger partial charge in [-0.05, 0) is 43.7 Å². The molecule has 0 spiro atoms. The number of phenols is 1. The summed E-state index contributed by atoms with van der Waals surface area (Å²) >= 11 is 0. The molecule has 1 aromatic rings. The third kappa shape index (κ3) is 7.28. The molecule has 0 bridgehead atoms. The highest BCUT2D eigenvalue weighted by Crippen LogP contribution is 2.20. The Morgan fingerprint density at radius 1 is 1.05 bits per heavy atom. The van der Waals surface area contributed by atoms with Gasteiger partial charge < -0.3 is 14.9 Å². The van der Waals surface area contributed by atoms with Crippen molar-refractivity contribution < 1.29 is 14.9 Å². The molecule has 0 saturated carbocycles. The lowest BCUT2D eigenvalue weighted by atomic mass is 9.96. The first-order chi connectivity index (χ1) is 10.7. The van der Waals surface area contributed by atoms with Gasteiger partial charge in [-0.15, -0.1) is 0 Å². The lowest BCUT2D eigenvalue weighted by Gasteiger charge is -2.21. The van der Waals surface area contributed by atoms with E-state index in [1.165, 1.54) is 25.7 Å². The largest absolute Gasteiger partial charge is 0.508 e. The molecule has 0 fully saturated rings. The van der Waals surface area contributed by atoms with Crippen LogP contribution in [0.15, 0.2) is 24.3 Å². The Morgan fingerprint density at radius 2 is 1.73 bits per heavy atom. The SMILES string of the molecule is CCOC(CO)C(C)CCCCCCCc1ccccc1O. The number of benzene rings is 1. The topological polar surface area (TPSA) is 49.7 Å². The molecule has 2 atom stereocenters. The van der Waals surface area contributed by atoms with Gasteiger partial charge in [-0.25, -0.2) is 0 Å². The van der Waals surface area contributed by atoms with Crippen LogP contribution in [0.2, 0.25) is 0 Å². The van der Waals surface area contributed by atoms with Crippen molar-refractivity contribution in [3.8, 4) is 5.75 Å². The zero-order chi connectivity index (χ0) is 16.2. The number of aromatic hydroxyl groups is 1. The Balaban J connectivity index is 2.05. The quantitative estimate of drug-likeness (QED) is 0.566. The average molecular weight is 308 g/mol. The Labute approximate surface area is 135 Å². The monoisotopic (exact) mass is 308 g/mol. The highest BCUT2D eigenvalue weighted by molar-refractivity contribution is 5.31. The Morgan fingerprint density at radius 3 is 2.41 bits per heavy atom. The van der Waals surface area contributed by atoms with Gasteiger partial charge in [0.05, 0.1) is 12.7 Å². The summed E-state index contributed by atoms with van der Waals surface area (Å²) in [4.78, 5) is 0. The van der Waals surface area contributed by atoms with Crippen LogP contribution in [-0.2, 0) is 11.2 Å². The number of ether oxygens (including phenoxy) is 1. The highest BCUT2D eigenvalue weighted by Gasteiger charge is 2.15. The summed E-state index contributed by atoms with van der Waals surface area (Å²) < 4.78 is 5.54. The number of rotatable bonds is 12. The van der Waals surface area contributed by atoms with Crippen LogP contribution in [0.25, 0.3) is 0 Å². The van der Waals surface area contributed by atoms with Gasteiger partial charge in [0.15, 0.2) is 0 Å². The maximum atomic E-state index is 9.70. The lowest BCUT2D eigenvalue weighted by molar-refractivity contribution is -0.0152. The van der Waals surface area contributed by atoms with E-state index in [2.05, 4.69) is 6.92 Å². The average Bonchev–Trinajstić information content (AvgIpc) is 2.53. The van der Waals surface area contributed by atoms with Crippen molar-refractivity contribution in [1.29, 1.82) is 0 Å². The van der Waals surface area contributed by atoms with Gasteiger partial charge in [-0.2, -0.15) is 0 Å². The minimum Gasteiger partial charge on any atom is -0.508 e. The minimum atomic E-state index is -0.00828. The molecule has 2 N–H and O–H groups in total. The molecule has 0 heterocycles. The molecular weight excluding hydrogens is 276 g/mol. The Kier molecular flexibility index (Phi) is 9.93. The van der Waals surface area contributed by atoms with Crippen LogP contribution in [0.1, 0.15) is 57.9 Å². The van der Waals surface area contributed by atoms with Gasteiger partial charge in [-0.3, -0.25) is 0 Å². The summed E-state index contributed by atoms with van der Waals surface area (Å²) in [7, 11) is 0. The van der Waals surface area contributed by atoms with E-state index in [0.29, 0.717) is 18.3 Å². The van der Waals surface area contributed by atoms with Crippen LogP contribution < -0.4 is 0 Å². The van der Waals surface area contributed by atoms with Crippen molar-refractivity contribution >= 4 is 0 Å². The minimum absolute atomic E-state index is 0.00828. The number of phenolic OH excluding ortho intramolecular Hbond substituents is 1. The van der Waals surface area contributed by atoms with Gasteiger partial charge >= 0.3 is 0 Å². The summed E-state index contributed by atoms with van der Waals surface area (Å²) in [6, 6.07) is 7.60. The molecule has 2 unspecified atom stereocenters. The molecule has 0 aromatic heterocycles. The van der Waals surface area contributed by atoms with Gasteiger partial charge in [0, 0.05) is 6.61 Å². The zero-order valence-corrected chi connectivity index (χ0v) is 14.1. The van der Waals surface area contributed by atoms with E-state index in [1.807, 2.05) is 25.1 Å². The second-order valence-corrected chi connectivity index (χ2v) is 6.09. The summed E-state index contributed by atoms with van der Waals surface area (Å²) in [5, 5.41) is 19.0. The summed E-state index contributed by atoms with van der Waals surface area (Å²) in [6.07, 6.45) is 8.06. The van der Waals surface area contributed by atoms with E-state index in [-0.39, 0.29) is 12.7 Å². The van der Waals surface area contributed by atoms with Gasteiger partial charge in [0.2, 0.25) is 0 Å². The number of aryl methyl sites for hydroxylation is 1. The van der Waals surface area contributed by atoms with E-state index < -0.39 is 0 Å². The van der Waals surface area contributed by atoms with Gasteiger partial charge in [0.1, 0.15) is 5.75 Å². The third-order valence-corrected chi connectivity index (χ3v) is 4.29. The van der Waals surface area contributed by atoms with E-state index in [0.717, 1.165) is 24.8 Å². The number of aliphatic hydroxyl groups excluding tert-OH is 1. The van der Waals surface area contributed by atoms with E-state index in [1.54, 1.807) is 6.07 Å². The van der Waals surface area contributed by atoms with E-state index in [9.17, 15) is 10.2 Å². The predicted molar refractivity (Wildman–Crippen MR) is 91.2 cm³/mol. The maximum Gasteiger partial charge on any atom is 0.118 e. The fourth-order valence-corrected chi connectivity index (χ4v) is 2.83. The standard InChI is InChI=1S/C19H32O3/c1-3-22-19(15-20)16(2)11-7-5-4-6-8-12-17-13-9-10-14-18(17)21/h9-10,13-14,16,19-21H,3-8,11-12,15H2,1-2H3. The van der Waals surface area contributed by atoms with Gasteiger partial charge in [0.25, 0.3) is 0 Å². The fraction of sp³-hybridized carbons (Fsp3) is 0.684. The molecule has 3 heteroatoms. The molecule has 1 aromatic carbocycles. The van der Waals surface area contributed by atoms with Crippen LogP contribution >= 0.6 is 0 Å². The molecule has 1 rings (SSSR count). The molecule has 0 radical (unpaired) electrons. The van der Waals surface area contributed by atoms with Crippen molar-refractivity contribution in [3.05, 3.63) is 29.8 Å². The summed E-state index contributed by atoms with van der Waals surface area (Å²) in [5.41, 5.74) is 1.05. The lowest BCUT2D eigenvalue weighted by Crippen LogP contribution is -2.25. The maximum absolute atomic E-state index is 9.70. The molecule has 0 aliphatic heterocycles. The molecule has 0 aliphatic rings. The predicted octanol–water partition coefficient (Wildman–Crippen LogP) is 4.31. The smallest absolute Gasteiger partial charge is 0.118 e. The molecule has 0 saturated heterocycles. The Bertz CT molecular complexity index is 392. The van der Waals surface area contributed by atoms with Crippen LogP contribution in [-0.4, -0.2) is 29.5 Å². The second kappa shape index (κ2) is 11.5. The van der Waals surface area contributed by atoms with Crippen molar-refractivity contribution in [2.24, 2.45) is 5.92 Å². The molecule has 22 heavy (non-hydrogen) atoms. The third-order valence-electron chi connectivity index (χ3n) is 4.29. The second-order valence-electron chi connectivity index (χ2n) is 6.09. The zero-order valence-electron chi connectivity index (χ0n) is 14.1. The van der Waals surface area contributed by atoms with Crippen molar-refractivity contribution in [2.75, 3.05) is 13.2 Å². The first-order valence-corrected chi connectivity index (χ1v) is 8.68. The number of aliphatic hydroxyl groups is 1. The van der Waals surface area contributed by atoms with Crippen molar-refractivity contribution in [2.45, 2.75) is 64.9 Å². The summed E-state index contributed by atoms with van der Waals surface area (Å²) in [6.45, 7) is 4.92. The van der Waals surface area contributed by atoms with Gasteiger partial charge in [-0.1, -0.05) is 50.8 Å². The number of hydrogen-bond acceptors (Lipinski definition) is 3. The van der Waals surface area contributed by atoms with E-state index in [4.69, 9.17) is 4.74 Å². The molecule has 3 nitrogen and oxygen atoms in total. The number of para-hydroxylation sites is 1. The molecule has 126 valence electrons. The first kappa shape index (κ1) is 19.0. The van der Waals surface area contributed by atoms with Crippen LogP contribution in [0.5, 0.6) is 5.75 Å². The first-order valence-electron chi connectivity index (χ1n) is 8.68. The highest BCUT2D eigenvalue weighted by atomic mass is 16.5. The fourth-order valence-electron chi connectivity index (χ4n) is 2.83. The van der Waals surface area contributed by atoms with Crippen LogP contribution in [0.4, 0.5) is 0 Å².